The normalized spacial score (nSPS) is 13.7. The topological polar surface area (TPSA) is 47.4 Å². The molecule has 26 heavy (non-hydrogen) atoms. The van der Waals surface area contributed by atoms with Gasteiger partial charge in [0.15, 0.2) is 0 Å². The van der Waals surface area contributed by atoms with Crippen LogP contribution in [0.2, 0.25) is 5.02 Å². The fourth-order valence-corrected chi connectivity index (χ4v) is 3.36. The van der Waals surface area contributed by atoms with Crippen LogP contribution in [-0.4, -0.2) is 33.5 Å². The molecule has 0 fully saturated rings. The SMILES string of the molecule is Cn1c(C(=O)N2CCOc3ccc(Cl)cc3C2)cnc1-c1ccccc1. The molecule has 0 radical (unpaired) electrons. The molecule has 1 aliphatic heterocycles. The standard InChI is InChI=1S/C20H18ClN3O2/c1-23-17(12-22-19(23)14-5-3-2-4-6-14)20(25)24-9-10-26-18-8-7-16(21)11-15(18)13-24/h2-8,11-12H,9-10,13H2,1H3. The summed E-state index contributed by atoms with van der Waals surface area (Å²) in [6.45, 7) is 1.42. The van der Waals surface area contributed by atoms with Crippen LogP contribution in [0.1, 0.15) is 16.1 Å². The number of amides is 1. The molecular weight excluding hydrogens is 350 g/mol. The maximum Gasteiger partial charge on any atom is 0.272 e. The summed E-state index contributed by atoms with van der Waals surface area (Å²) in [5.41, 5.74) is 2.44. The number of carbonyl (C=O) groups is 1. The minimum absolute atomic E-state index is 0.0707. The minimum Gasteiger partial charge on any atom is -0.491 e. The Bertz CT molecular complexity index is 953. The average molecular weight is 368 g/mol. The zero-order chi connectivity index (χ0) is 18.1. The van der Waals surface area contributed by atoms with Crippen LogP contribution in [-0.2, 0) is 13.6 Å². The van der Waals surface area contributed by atoms with Crippen molar-refractivity contribution in [1.29, 1.82) is 0 Å². The molecule has 132 valence electrons. The molecule has 0 unspecified atom stereocenters. The number of aromatic nitrogens is 2. The van der Waals surface area contributed by atoms with Crippen LogP contribution in [0, 0.1) is 0 Å². The van der Waals surface area contributed by atoms with Crippen LogP contribution < -0.4 is 4.74 Å². The van der Waals surface area contributed by atoms with E-state index >= 15 is 0 Å². The molecule has 0 saturated heterocycles. The quantitative estimate of drug-likeness (QED) is 0.692. The minimum atomic E-state index is -0.0707. The number of carbonyl (C=O) groups excluding carboxylic acids is 1. The van der Waals surface area contributed by atoms with E-state index in [1.807, 2.05) is 54.1 Å². The molecule has 0 spiro atoms. The highest BCUT2D eigenvalue weighted by molar-refractivity contribution is 6.30. The van der Waals surface area contributed by atoms with Gasteiger partial charge in [-0.15, -0.1) is 0 Å². The van der Waals surface area contributed by atoms with Gasteiger partial charge in [-0.1, -0.05) is 41.9 Å². The highest BCUT2D eigenvalue weighted by atomic mass is 35.5. The van der Waals surface area contributed by atoms with Crippen molar-refractivity contribution in [3.8, 4) is 17.1 Å². The fourth-order valence-electron chi connectivity index (χ4n) is 3.16. The van der Waals surface area contributed by atoms with Crippen molar-refractivity contribution >= 4 is 17.5 Å². The lowest BCUT2D eigenvalue weighted by molar-refractivity contribution is 0.0723. The molecule has 1 aromatic heterocycles. The molecular formula is C20H18ClN3O2. The Labute approximate surface area is 156 Å². The number of imidazole rings is 1. The Kier molecular flexibility index (Phi) is 4.39. The Hall–Kier alpha value is -2.79. The lowest BCUT2D eigenvalue weighted by atomic mass is 10.2. The molecule has 0 aliphatic carbocycles. The second kappa shape index (κ2) is 6.84. The molecule has 0 saturated carbocycles. The third-order valence-electron chi connectivity index (χ3n) is 4.53. The summed E-state index contributed by atoms with van der Waals surface area (Å²) in [4.78, 5) is 19.3. The number of rotatable bonds is 2. The molecule has 2 heterocycles. The molecule has 0 N–H and O–H groups in total. The van der Waals surface area contributed by atoms with E-state index in [1.54, 1.807) is 17.2 Å². The molecule has 5 nitrogen and oxygen atoms in total. The summed E-state index contributed by atoms with van der Waals surface area (Å²) in [5.74, 6) is 1.47. The molecule has 6 heteroatoms. The van der Waals surface area contributed by atoms with Crippen molar-refractivity contribution in [2.75, 3.05) is 13.2 Å². The zero-order valence-electron chi connectivity index (χ0n) is 14.4. The van der Waals surface area contributed by atoms with E-state index in [2.05, 4.69) is 4.98 Å². The molecule has 3 aromatic rings. The number of benzene rings is 2. The number of fused-ring (bicyclic) bond motifs is 1. The highest BCUT2D eigenvalue weighted by Gasteiger charge is 2.24. The van der Waals surface area contributed by atoms with E-state index in [0.717, 1.165) is 22.7 Å². The van der Waals surface area contributed by atoms with Crippen LogP contribution in [0.3, 0.4) is 0 Å². The summed E-state index contributed by atoms with van der Waals surface area (Å²) in [7, 11) is 1.86. The monoisotopic (exact) mass is 367 g/mol. The van der Waals surface area contributed by atoms with Crippen LogP contribution in [0.25, 0.3) is 11.4 Å². The lowest BCUT2D eigenvalue weighted by Gasteiger charge is -2.20. The third-order valence-corrected chi connectivity index (χ3v) is 4.76. The first-order valence-electron chi connectivity index (χ1n) is 8.41. The number of nitrogens with zero attached hydrogens (tertiary/aromatic N) is 3. The second-order valence-electron chi connectivity index (χ2n) is 6.22. The number of halogens is 1. The van der Waals surface area contributed by atoms with Crippen LogP contribution >= 0.6 is 11.6 Å². The molecule has 1 amide bonds. The van der Waals surface area contributed by atoms with E-state index < -0.39 is 0 Å². The Balaban J connectivity index is 1.63. The number of hydrogen-bond acceptors (Lipinski definition) is 3. The van der Waals surface area contributed by atoms with E-state index in [4.69, 9.17) is 16.3 Å². The summed E-state index contributed by atoms with van der Waals surface area (Å²) in [6, 6.07) is 15.3. The van der Waals surface area contributed by atoms with Crippen molar-refractivity contribution in [2.45, 2.75) is 6.54 Å². The van der Waals surface area contributed by atoms with Crippen molar-refractivity contribution < 1.29 is 9.53 Å². The molecule has 2 aromatic carbocycles. The van der Waals surface area contributed by atoms with E-state index in [1.165, 1.54) is 0 Å². The Morgan fingerprint density at radius 1 is 1.19 bits per heavy atom. The van der Waals surface area contributed by atoms with E-state index in [9.17, 15) is 4.79 Å². The zero-order valence-corrected chi connectivity index (χ0v) is 15.1. The van der Waals surface area contributed by atoms with Crippen molar-refractivity contribution in [3.05, 3.63) is 71.0 Å². The first-order valence-corrected chi connectivity index (χ1v) is 8.79. The summed E-state index contributed by atoms with van der Waals surface area (Å²) >= 11 is 6.10. The van der Waals surface area contributed by atoms with Gasteiger partial charge in [0.2, 0.25) is 0 Å². The third kappa shape index (κ3) is 3.06. The molecule has 4 rings (SSSR count). The lowest BCUT2D eigenvalue weighted by Crippen LogP contribution is -2.33. The summed E-state index contributed by atoms with van der Waals surface area (Å²) < 4.78 is 7.59. The predicted molar refractivity (Wildman–Crippen MR) is 100 cm³/mol. The van der Waals surface area contributed by atoms with Gasteiger partial charge in [0.25, 0.3) is 5.91 Å². The Morgan fingerprint density at radius 2 is 2.00 bits per heavy atom. The fraction of sp³-hybridized carbons (Fsp3) is 0.200. The van der Waals surface area contributed by atoms with Crippen molar-refractivity contribution in [3.63, 3.8) is 0 Å². The first kappa shape index (κ1) is 16.7. The largest absolute Gasteiger partial charge is 0.491 e. The van der Waals surface area contributed by atoms with Gasteiger partial charge in [-0.05, 0) is 18.2 Å². The van der Waals surface area contributed by atoms with Gasteiger partial charge < -0.3 is 14.2 Å². The van der Waals surface area contributed by atoms with Gasteiger partial charge in [-0.2, -0.15) is 0 Å². The van der Waals surface area contributed by atoms with Gasteiger partial charge in [-0.3, -0.25) is 4.79 Å². The maximum absolute atomic E-state index is 13.1. The van der Waals surface area contributed by atoms with E-state index in [-0.39, 0.29) is 5.91 Å². The second-order valence-corrected chi connectivity index (χ2v) is 6.66. The van der Waals surface area contributed by atoms with Crippen LogP contribution in [0.4, 0.5) is 0 Å². The van der Waals surface area contributed by atoms with Gasteiger partial charge in [0, 0.05) is 29.7 Å². The molecule has 0 atom stereocenters. The van der Waals surface area contributed by atoms with Gasteiger partial charge in [0.1, 0.15) is 23.9 Å². The van der Waals surface area contributed by atoms with Crippen molar-refractivity contribution in [2.24, 2.45) is 7.05 Å². The molecule has 0 bridgehead atoms. The van der Waals surface area contributed by atoms with Gasteiger partial charge in [0.05, 0.1) is 12.7 Å². The first-order chi connectivity index (χ1) is 12.6. The van der Waals surface area contributed by atoms with Gasteiger partial charge in [-0.25, -0.2) is 4.98 Å². The van der Waals surface area contributed by atoms with E-state index in [0.29, 0.717) is 30.4 Å². The maximum atomic E-state index is 13.1. The number of hydrogen-bond donors (Lipinski definition) is 0. The predicted octanol–water partition coefficient (Wildman–Crippen LogP) is 3.78. The number of ether oxygens (including phenoxy) is 1. The van der Waals surface area contributed by atoms with Crippen LogP contribution in [0.15, 0.2) is 54.7 Å². The molecule has 1 aliphatic rings. The summed E-state index contributed by atoms with van der Waals surface area (Å²) in [6.07, 6.45) is 1.63. The Morgan fingerprint density at radius 3 is 2.81 bits per heavy atom. The smallest absolute Gasteiger partial charge is 0.272 e. The highest BCUT2D eigenvalue weighted by Crippen LogP contribution is 2.27. The summed E-state index contributed by atoms with van der Waals surface area (Å²) in [5, 5.41) is 0.633. The average Bonchev–Trinajstić information content (AvgIpc) is 2.91. The van der Waals surface area contributed by atoms with Crippen molar-refractivity contribution in [1.82, 2.24) is 14.5 Å². The van der Waals surface area contributed by atoms with Crippen LogP contribution in [0.5, 0.6) is 5.75 Å². The van der Waals surface area contributed by atoms with Gasteiger partial charge >= 0.3 is 0 Å².